The predicted octanol–water partition coefficient (Wildman–Crippen LogP) is 1.19. The number of hydrogen-bond donors (Lipinski definition) is 0. The molecular formula is C18H28N4O3. The van der Waals surface area contributed by atoms with Crippen molar-refractivity contribution < 1.29 is 14.2 Å². The van der Waals surface area contributed by atoms with E-state index in [9.17, 15) is 0 Å². The summed E-state index contributed by atoms with van der Waals surface area (Å²) in [6.45, 7) is 7.76. The van der Waals surface area contributed by atoms with Crippen molar-refractivity contribution in [2.45, 2.75) is 24.9 Å². The van der Waals surface area contributed by atoms with E-state index in [-0.39, 0.29) is 5.60 Å². The maximum Gasteiger partial charge on any atom is 0.218 e. The van der Waals surface area contributed by atoms with E-state index in [2.05, 4.69) is 19.8 Å². The lowest BCUT2D eigenvalue weighted by Crippen LogP contribution is -2.48. The minimum absolute atomic E-state index is 0.0204. The molecule has 0 unspecified atom stereocenters. The summed E-state index contributed by atoms with van der Waals surface area (Å²) in [5, 5.41) is 0. The monoisotopic (exact) mass is 348 g/mol. The number of ether oxygens (including phenoxy) is 3. The van der Waals surface area contributed by atoms with Crippen LogP contribution in [0.3, 0.4) is 0 Å². The van der Waals surface area contributed by atoms with Gasteiger partial charge >= 0.3 is 0 Å². The summed E-state index contributed by atoms with van der Waals surface area (Å²) < 4.78 is 17.1. The maximum atomic E-state index is 6.37. The smallest absolute Gasteiger partial charge is 0.218 e. The molecule has 1 spiro atoms. The van der Waals surface area contributed by atoms with Gasteiger partial charge in [0.2, 0.25) is 5.88 Å². The van der Waals surface area contributed by atoms with Crippen LogP contribution in [-0.4, -0.2) is 80.1 Å². The van der Waals surface area contributed by atoms with Gasteiger partial charge in [-0.05, 0) is 25.2 Å². The zero-order valence-electron chi connectivity index (χ0n) is 15.0. The Kier molecular flexibility index (Phi) is 5.05. The summed E-state index contributed by atoms with van der Waals surface area (Å²) in [5.41, 5.74) is -0.0204. The molecule has 0 aromatic carbocycles. The van der Waals surface area contributed by atoms with E-state index in [1.165, 1.54) is 0 Å². The standard InChI is InChI=1S/C18H28N4O3/c1-23-17-9-16(19-14-20-17)22-4-2-3-18(13-22)10-15(12-25-18)11-21-5-7-24-8-6-21/h9,14-15H,2-8,10-13H2,1H3/t15-,18-/m0/s1. The molecule has 0 N–H and O–H groups in total. The maximum absolute atomic E-state index is 6.37. The van der Waals surface area contributed by atoms with Crippen molar-refractivity contribution in [1.82, 2.24) is 14.9 Å². The first-order chi connectivity index (χ1) is 12.3. The fourth-order valence-corrected chi connectivity index (χ4v) is 4.40. The van der Waals surface area contributed by atoms with Crippen LogP contribution >= 0.6 is 0 Å². The topological polar surface area (TPSA) is 60.0 Å². The number of methoxy groups -OCH3 is 1. The summed E-state index contributed by atoms with van der Waals surface area (Å²) in [6, 6.07) is 1.92. The summed E-state index contributed by atoms with van der Waals surface area (Å²) in [7, 11) is 1.64. The van der Waals surface area contributed by atoms with Gasteiger partial charge in [0.05, 0.1) is 32.5 Å². The fraction of sp³-hybridized carbons (Fsp3) is 0.778. The van der Waals surface area contributed by atoms with Crippen LogP contribution in [0.15, 0.2) is 12.4 Å². The van der Waals surface area contributed by atoms with Gasteiger partial charge in [-0.2, -0.15) is 0 Å². The average Bonchev–Trinajstić information content (AvgIpc) is 3.04. The third-order valence-corrected chi connectivity index (χ3v) is 5.61. The van der Waals surface area contributed by atoms with Crippen LogP contribution in [-0.2, 0) is 9.47 Å². The molecule has 3 saturated heterocycles. The van der Waals surface area contributed by atoms with Crippen LogP contribution in [0.4, 0.5) is 5.82 Å². The molecule has 1 aromatic rings. The van der Waals surface area contributed by atoms with Crippen LogP contribution in [0.25, 0.3) is 0 Å². The molecular weight excluding hydrogens is 320 g/mol. The number of piperidine rings is 1. The number of rotatable bonds is 4. The molecule has 0 bridgehead atoms. The van der Waals surface area contributed by atoms with Crippen molar-refractivity contribution in [2.75, 3.05) is 64.6 Å². The van der Waals surface area contributed by atoms with E-state index in [1.807, 2.05) is 6.07 Å². The van der Waals surface area contributed by atoms with Crippen molar-refractivity contribution in [1.29, 1.82) is 0 Å². The second-order valence-corrected chi connectivity index (χ2v) is 7.42. The van der Waals surface area contributed by atoms with Gasteiger partial charge in [0.1, 0.15) is 12.1 Å². The number of nitrogens with zero attached hydrogens (tertiary/aromatic N) is 4. The van der Waals surface area contributed by atoms with E-state index < -0.39 is 0 Å². The lowest BCUT2D eigenvalue weighted by atomic mass is 9.86. The highest BCUT2D eigenvalue weighted by molar-refractivity contribution is 5.42. The Balaban J connectivity index is 1.38. The van der Waals surface area contributed by atoms with Gasteiger partial charge in [-0.3, -0.25) is 4.90 Å². The minimum Gasteiger partial charge on any atom is -0.481 e. The molecule has 25 heavy (non-hydrogen) atoms. The van der Waals surface area contributed by atoms with Crippen LogP contribution in [0, 0.1) is 5.92 Å². The quantitative estimate of drug-likeness (QED) is 0.810. The Morgan fingerprint density at radius 3 is 3.00 bits per heavy atom. The first kappa shape index (κ1) is 17.0. The van der Waals surface area contributed by atoms with E-state index in [0.29, 0.717) is 11.8 Å². The number of hydrogen-bond acceptors (Lipinski definition) is 7. The first-order valence-electron chi connectivity index (χ1n) is 9.31. The molecule has 4 heterocycles. The average molecular weight is 348 g/mol. The largest absolute Gasteiger partial charge is 0.481 e. The molecule has 3 aliphatic heterocycles. The predicted molar refractivity (Wildman–Crippen MR) is 94.1 cm³/mol. The Morgan fingerprint density at radius 2 is 2.16 bits per heavy atom. The molecule has 138 valence electrons. The molecule has 7 nitrogen and oxygen atoms in total. The second kappa shape index (κ2) is 7.43. The molecule has 4 rings (SSSR count). The van der Waals surface area contributed by atoms with Gasteiger partial charge in [-0.25, -0.2) is 9.97 Å². The van der Waals surface area contributed by atoms with Gasteiger partial charge in [-0.15, -0.1) is 0 Å². The van der Waals surface area contributed by atoms with Crippen LogP contribution < -0.4 is 9.64 Å². The number of morpholine rings is 1. The molecule has 7 heteroatoms. The minimum atomic E-state index is -0.0204. The summed E-state index contributed by atoms with van der Waals surface area (Å²) in [5.74, 6) is 2.17. The van der Waals surface area contributed by atoms with Crippen molar-refractivity contribution >= 4 is 5.82 Å². The van der Waals surface area contributed by atoms with Gasteiger partial charge in [0.15, 0.2) is 0 Å². The molecule has 0 radical (unpaired) electrons. The Bertz CT molecular complexity index is 581. The summed E-state index contributed by atoms with van der Waals surface area (Å²) in [6.07, 6.45) is 5.00. The second-order valence-electron chi connectivity index (χ2n) is 7.42. The molecule has 2 atom stereocenters. The lowest BCUT2D eigenvalue weighted by molar-refractivity contribution is -0.00820. The highest BCUT2D eigenvalue weighted by atomic mass is 16.5. The van der Waals surface area contributed by atoms with Gasteiger partial charge in [0, 0.05) is 38.8 Å². The Hall–Kier alpha value is -1.44. The molecule has 0 saturated carbocycles. The van der Waals surface area contributed by atoms with Crippen molar-refractivity contribution in [2.24, 2.45) is 5.92 Å². The van der Waals surface area contributed by atoms with E-state index in [1.54, 1.807) is 13.4 Å². The summed E-state index contributed by atoms with van der Waals surface area (Å²) in [4.78, 5) is 13.4. The lowest BCUT2D eigenvalue weighted by Gasteiger charge is -2.40. The van der Waals surface area contributed by atoms with Gasteiger partial charge < -0.3 is 19.1 Å². The Labute approximate surface area is 149 Å². The van der Waals surface area contributed by atoms with E-state index >= 15 is 0 Å². The number of aromatic nitrogens is 2. The first-order valence-corrected chi connectivity index (χ1v) is 9.31. The normalized spacial score (nSPS) is 30.8. The zero-order valence-corrected chi connectivity index (χ0v) is 15.0. The molecule has 3 aliphatic rings. The Morgan fingerprint density at radius 1 is 1.28 bits per heavy atom. The van der Waals surface area contributed by atoms with Gasteiger partial charge in [0.25, 0.3) is 0 Å². The van der Waals surface area contributed by atoms with Crippen molar-refractivity contribution in [3.63, 3.8) is 0 Å². The fourth-order valence-electron chi connectivity index (χ4n) is 4.40. The van der Waals surface area contributed by atoms with Crippen molar-refractivity contribution in [3.8, 4) is 5.88 Å². The molecule has 1 aromatic heterocycles. The summed E-state index contributed by atoms with van der Waals surface area (Å²) >= 11 is 0. The van der Waals surface area contributed by atoms with Gasteiger partial charge in [-0.1, -0.05) is 0 Å². The highest BCUT2D eigenvalue weighted by Gasteiger charge is 2.44. The van der Waals surface area contributed by atoms with Crippen molar-refractivity contribution in [3.05, 3.63) is 12.4 Å². The third kappa shape index (κ3) is 3.88. The van der Waals surface area contributed by atoms with E-state index in [4.69, 9.17) is 14.2 Å². The third-order valence-electron chi connectivity index (χ3n) is 5.61. The SMILES string of the molecule is COc1cc(N2CCC[C@]3(C[C@@H](CN4CCOCC4)CO3)C2)ncn1. The molecule has 3 fully saturated rings. The molecule has 0 aliphatic carbocycles. The van der Waals surface area contributed by atoms with E-state index in [0.717, 1.165) is 77.6 Å². The van der Waals surface area contributed by atoms with Crippen LogP contribution in [0.5, 0.6) is 5.88 Å². The van der Waals surface area contributed by atoms with Crippen LogP contribution in [0.2, 0.25) is 0 Å². The highest BCUT2D eigenvalue weighted by Crippen LogP contribution is 2.39. The number of anilines is 1. The molecule has 0 amide bonds. The zero-order chi connectivity index (χ0) is 17.1. The van der Waals surface area contributed by atoms with Crippen LogP contribution in [0.1, 0.15) is 19.3 Å².